The number of urea groups is 1. The molecule has 148 valence electrons. The Bertz CT molecular complexity index is 745. The van der Waals surface area contributed by atoms with Gasteiger partial charge in [-0.3, -0.25) is 4.90 Å². The topological polar surface area (TPSA) is 36.0 Å². The highest BCUT2D eigenvalue weighted by Gasteiger charge is 2.29. The van der Waals surface area contributed by atoms with Crippen molar-refractivity contribution in [2.24, 2.45) is 5.92 Å². The number of ether oxygens (including phenoxy) is 1. The molecular weight excluding hydrogens is 350 g/mol. The second-order valence-corrected chi connectivity index (χ2v) is 7.67. The summed E-state index contributed by atoms with van der Waals surface area (Å²) in [6.07, 6.45) is 2.33. The molecule has 0 aliphatic carbocycles. The summed E-state index contributed by atoms with van der Waals surface area (Å²) in [7, 11) is 0. The van der Waals surface area contributed by atoms with Crippen molar-refractivity contribution in [3.8, 4) is 5.75 Å². The van der Waals surface area contributed by atoms with E-state index in [1.54, 1.807) is 0 Å². The summed E-state index contributed by atoms with van der Waals surface area (Å²) in [6, 6.07) is 20.2. The van der Waals surface area contributed by atoms with Gasteiger partial charge in [0.1, 0.15) is 5.75 Å². The van der Waals surface area contributed by atoms with E-state index >= 15 is 0 Å². The van der Waals surface area contributed by atoms with Gasteiger partial charge >= 0.3 is 6.03 Å². The van der Waals surface area contributed by atoms with Crippen LogP contribution in [0, 0.1) is 5.92 Å². The number of hydrogen-bond acceptors (Lipinski definition) is 3. The molecule has 4 rings (SSSR count). The van der Waals surface area contributed by atoms with Crippen LogP contribution >= 0.6 is 0 Å². The van der Waals surface area contributed by atoms with Gasteiger partial charge in [-0.15, -0.1) is 0 Å². The smallest absolute Gasteiger partial charge is 0.324 e. The molecule has 0 atom stereocenters. The van der Waals surface area contributed by atoms with E-state index < -0.39 is 0 Å². The Morgan fingerprint density at radius 2 is 1.50 bits per heavy atom. The molecular formula is C23H29N3O2. The summed E-state index contributed by atoms with van der Waals surface area (Å²) in [5.74, 6) is 1.58. The first-order valence-electron chi connectivity index (χ1n) is 10.3. The number of carbonyl (C=O) groups excluding carboxylic acids is 1. The van der Waals surface area contributed by atoms with Crippen LogP contribution in [0.2, 0.25) is 0 Å². The fraction of sp³-hybridized carbons (Fsp3) is 0.435. The molecule has 5 heteroatoms. The second kappa shape index (κ2) is 9.11. The lowest BCUT2D eigenvalue weighted by Gasteiger charge is -2.32. The third kappa shape index (κ3) is 4.65. The second-order valence-electron chi connectivity index (χ2n) is 7.67. The number of amides is 2. The lowest BCUT2D eigenvalue weighted by atomic mass is 9.98. The minimum atomic E-state index is 0.136. The number of likely N-dealkylation sites (tertiary alicyclic amines) is 1. The number of anilines is 1. The molecule has 0 radical (unpaired) electrons. The van der Waals surface area contributed by atoms with E-state index in [9.17, 15) is 4.79 Å². The zero-order valence-electron chi connectivity index (χ0n) is 16.4. The van der Waals surface area contributed by atoms with Gasteiger partial charge in [-0.05, 0) is 56.1 Å². The van der Waals surface area contributed by atoms with E-state index in [2.05, 4.69) is 4.90 Å². The molecule has 2 aliphatic heterocycles. The molecule has 2 aromatic carbocycles. The summed E-state index contributed by atoms with van der Waals surface area (Å²) >= 11 is 0. The largest absolute Gasteiger partial charge is 0.493 e. The molecule has 2 aliphatic rings. The SMILES string of the molecule is O=C1N(CCN2CCC(COc3ccccc3)CC2)CCN1c1ccccc1. The van der Waals surface area contributed by atoms with Gasteiger partial charge in [0, 0.05) is 31.9 Å². The number of hydrogen-bond donors (Lipinski definition) is 0. The average Bonchev–Trinajstić information content (AvgIpc) is 3.13. The summed E-state index contributed by atoms with van der Waals surface area (Å²) in [6.45, 7) is 6.35. The first kappa shape index (κ1) is 18.8. The number of rotatable bonds is 7. The van der Waals surface area contributed by atoms with Crippen LogP contribution in [-0.4, -0.2) is 61.7 Å². The van der Waals surface area contributed by atoms with E-state index in [1.807, 2.05) is 70.5 Å². The fourth-order valence-corrected chi connectivity index (χ4v) is 4.01. The molecule has 2 saturated heterocycles. The summed E-state index contributed by atoms with van der Waals surface area (Å²) in [4.78, 5) is 19.0. The number of para-hydroxylation sites is 2. The van der Waals surface area contributed by atoms with Gasteiger partial charge in [-0.1, -0.05) is 36.4 Å². The molecule has 0 unspecified atom stereocenters. The Kier molecular flexibility index (Phi) is 6.12. The molecule has 0 saturated carbocycles. The van der Waals surface area contributed by atoms with Gasteiger partial charge in [-0.25, -0.2) is 4.79 Å². The maximum atomic E-state index is 12.7. The van der Waals surface area contributed by atoms with Crippen LogP contribution in [0.4, 0.5) is 10.5 Å². The molecule has 5 nitrogen and oxygen atoms in total. The van der Waals surface area contributed by atoms with Gasteiger partial charge in [0.15, 0.2) is 0 Å². The van der Waals surface area contributed by atoms with Gasteiger partial charge in [-0.2, -0.15) is 0 Å². The monoisotopic (exact) mass is 379 g/mol. The third-order valence-corrected chi connectivity index (χ3v) is 5.79. The number of piperidine rings is 1. The van der Waals surface area contributed by atoms with Gasteiger partial charge < -0.3 is 14.5 Å². The van der Waals surface area contributed by atoms with Crippen molar-refractivity contribution in [2.45, 2.75) is 12.8 Å². The minimum Gasteiger partial charge on any atom is -0.493 e. The van der Waals surface area contributed by atoms with Crippen molar-refractivity contribution >= 4 is 11.7 Å². The Balaban J connectivity index is 1.17. The molecule has 2 aromatic rings. The molecule has 0 bridgehead atoms. The van der Waals surface area contributed by atoms with E-state index in [0.717, 1.165) is 70.2 Å². The first-order chi connectivity index (χ1) is 13.8. The van der Waals surface area contributed by atoms with Crippen molar-refractivity contribution in [1.29, 1.82) is 0 Å². The van der Waals surface area contributed by atoms with E-state index in [-0.39, 0.29) is 6.03 Å². The Labute approximate surface area is 167 Å². The van der Waals surface area contributed by atoms with E-state index in [4.69, 9.17) is 4.74 Å². The average molecular weight is 380 g/mol. The lowest BCUT2D eigenvalue weighted by molar-refractivity contribution is 0.133. The number of nitrogens with zero attached hydrogens (tertiary/aromatic N) is 3. The van der Waals surface area contributed by atoms with Gasteiger partial charge in [0.2, 0.25) is 0 Å². The van der Waals surface area contributed by atoms with Crippen molar-refractivity contribution in [1.82, 2.24) is 9.80 Å². The van der Waals surface area contributed by atoms with Gasteiger partial charge in [0.05, 0.1) is 6.61 Å². The van der Waals surface area contributed by atoms with Crippen LogP contribution in [-0.2, 0) is 0 Å². The lowest BCUT2D eigenvalue weighted by Crippen LogP contribution is -2.41. The standard InChI is InChI=1S/C23H29N3O2/c27-23-25(17-18-26(23)21-7-3-1-4-8-21)16-15-24-13-11-20(12-14-24)19-28-22-9-5-2-6-10-22/h1-10,20H,11-19H2. The van der Waals surface area contributed by atoms with Crippen molar-refractivity contribution in [3.63, 3.8) is 0 Å². The summed E-state index contributed by atoms with van der Waals surface area (Å²) < 4.78 is 5.91. The van der Waals surface area contributed by atoms with Gasteiger partial charge in [0.25, 0.3) is 0 Å². The zero-order chi connectivity index (χ0) is 19.2. The quantitative estimate of drug-likeness (QED) is 0.736. The van der Waals surface area contributed by atoms with Crippen molar-refractivity contribution < 1.29 is 9.53 Å². The highest BCUT2D eigenvalue weighted by atomic mass is 16.5. The Morgan fingerprint density at radius 3 is 2.21 bits per heavy atom. The molecule has 0 aromatic heterocycles. The van der Waals surface area contributed by atoms with Crippen LogP contribution in [0.15, 0.2) is 60.7 Å². The molecule has 28 heavy (non-hydrogen) atoms. The van der Waals surface area contributed by atoms with Crippen LogP contribution < -0.4 is 9.64 Å². The van der Waals surface area contributed by atoms with Crippen LogP contribution in [0.25, 0.3) is 0 Å². The zero-order valence-corrected chi connectivity index (χ0v) is 16.4. The first-order valence-corrected chi connectivity index (χ1v) is 10.3. The normalized spacial score (nSPS) is 18.6. The van der Waals surface area contributed by atoms with E-state index in [0.29, 0.717) is 5.92 Å². The maximum Gasteiger partial charge on any atom is 0.324 e. The number of carbonyl (C=O) groups is 1. The fourth-order valence-electron chi connectivity index (χ4n) is 4.01. The molecule has 2 heterocycles. The Hall–Kier alpha value is -2.53. The molecule has 2 fully saturated rings. The predicted octanol–water partition coefficient (Wildman–Crippen LogP) is 3.72. The summed E-state index contributed by atoms with van der Waals surface area (Å²) in [5.41, 5.74) is 0.995. The highest BCUT2D eigenvalue weighted by Crippen LogP contribution is 2.21. The third-order valence-electron chi connectivity index (χ3n) is 5.79. The Morgan fingerprint density at radius 1 is 0.821 bits per heavy atom. The van der Waals surface area contributed by atoms with E-state index in [1.165, 1.54) is 0 Å². The van der Waals surface area contributed by atoms with Crippen molar-refractivity contribution in [2.75, 3.05) is 50.8 Å². The molecule has 0 spiro atoms. The predicted molar refractivity (Wildman–Crippen MR) is 112 cm³/mol. The highest BCUT2D eigenvalue weighted by molar-refractivity contribution is 5.94. The summed E-state index contributed by atoms with van der Waals surface area (Å²) in [5, 5.41) is 0. The van der Waals surface area contributed by atoms with Crippen molar-refractivity contribution in [3.05, 3.63) is 60.7 Å². The number of benzene rings is 2. The maximum absolute atomic E-state index is 12.7. The molecule has 2 amide bonds. The van der Waals surface area contributed by atoms with Crippen LogP contribution in [0.5, 0.6) is 5.75 Å². The van der Waals surface area contributed by atoms with Crippen LogP contribution in [0.1, 0.15) is 12.8 Å². The van der Waals surface area contributed by atoms with Crippen LogP contribution in [0.3, 0.4) is 0 Å². The minimum absolute atomic E-state index is 0.136. The molecule has 0 N–H and O–H groups in total.